The second kappa shape index (κ2) is 3.78. The highest BCUT2D eigenvalue weighted by Gasteiger charge is 2.42. The zero-order valence-corrected chi connectivity index (χ0v) is 10.2. The lowest BCUT2D eigenvalue weighted by atomic mass is 10.0. The third kappa shape index (κ3) is 1.92. The molecule has 0 aliphatic heterocycles. The fourth-order valence-electron chi connectivity index (χ4n) is 2.41. The van der Waals surface area contributed by atoms with E-state index < -0.39 is 0 Å². The lowest BCUT2D eigenvalue weighted by Gasteiger charge is -2.13. The van der Waals surface area contributed by atoms with E-state index in [4.69, 9.17) is 16.9 Å². The van der Waals surface area contributed by atoms with Crippen LogP contribution in [0.4, 0.5) is 0 Å². The number of hydrogen-bond donors (Lipinski definition) is 0. The number of rotatable bonds is 3. The van der Waals surface area contributed by atoms with Crippen molar-refractivity contribution >= 4 is 22.5 Å². The second-order valence-corrected chi connectivity index (χ2v) is 5.42. The van der Waals surface area contributed by atoms with E-state index in [0.29, 0.717) is 6.42 Å². The number of benzene rings is 1. The van der Waals surface area contributed by atoms with Gasteiger partial charge in [-0.2, -0.15) is 5.26 Å². The van der Waals surface area contributed by atoms with E-state index in [1.807, 2.05) is 12.1 Å². The van der Waals surface area contributed by atoms with Crippen LogP contribution in [0.3, 0.4) is 0 Å². The standard InChI is InChI=1S/C14H13ClN2/c15-12-1-2-13-11(9-12)3-8-17(13)10-14(4-5-14)6-7-16/h1-3,8-9H,4-6,10H2. The lowest BCUT2D eigenvalue weighted by Crippen LogP contribution is -2.10. The monoisotopic (exact) mass is 244 g/mol. The Morgan fingerprint density at radius 3 is 2.88 bits per heavy atom. The number of nitrogens with zero attached hydrogens (tertiary/aromatic N) is 2. The van der Waals surface area contributed by atoms with Crippen LogP contribution >= 0.6 is 11.6 Å². The molecule has 0 saturated heterocycles. The molecule has 0 amide bonds. The van der Waals surface area contributed by atoms with Crippen molar-refractivity contribution < 1.29 is 0 Å². The van der Waals surface area contributed by atoms with E-state index in [0.717, 1.165) is 11.6 Å². The maximum Gasteiger partial charge on any atom is 0.0628 e. The molecule has 0 unspecified atom stereocenters. The molecule has 1 heterocycles. The molecule has 0 N–H and O–H groups in total. The van der Waals surface area contributed by atoms with E-state index in [2.05, 4.69) is 29.0 Å². The Morgan fingerprint density at radius 1 is 1.35 bits per heavy atom. The third-order valence-corrected chi connectivity index (χ3v) is 3.89. The number of hydrogen-bond acceptors (Lipinski definition) is 1. The van der Waals surface area contributed by atoms with E-state index in [1.54, 1.807) is 0 Å². The summed E-state index contributed by atoms with van der Waals surface area (Å²) in [5.74, 6) is 0. The van der Waals surface area contributed by atoms with Gasteiger partial charge in [-0.05, 0) is 37.1 Å². The summed E-state index contributed by atoms with van der Waals surface area (Å²) in [5.41, 5.74) is 1.44. The molecular formula is C14H13ClN2. The molecule has 17 heavy (non-hydrogen) atoms. The Labute approximate surface area is 105 Å². The molecule has 1 aliphatic carbocycles. The predicted molar refractivity (Wildman–Crippen MR) is 68.8 cm³/mol. The summed E-state index contributed by atoms with van der Waals surface area (Å²) in [6.45, 7) is 0.950. The molecule has 1 saturated carbocycles. The van der Waals surface area contributed by atoms with Gasteiger partial charge >= 0.3 is 0 Å². The predicted octanol–water partition coefficient (Wildman–Crippen LogP) is 3.99. The molecule has 0 atom stereocenters. The molecule has 1 aromatic heterocycles. The average Bonchev–Trinajstić information content (AvgIpc) is 2.94. The van der Waals surface area contributed by atoms with Crippen molar-refractivity contribution in [2.24, 2.45) is 5.41 Å². The summed E-state index contributed by atoms with van der Waals surface area (Å²) in [6.07, 6.45) is 5.11. The van der Waals surface area contributed by atoms with Gasteiger partial charge in [0, 0.05) is 40.5 Å². The zero-order chi connectivity index (χ0) is 11.9. The lowest BCUT2D eigenvalue weighted by molar-refractivity contribution is 0.440. The molecule has 0 bridgehead atoms. The van der Waals surface area contributed by atoms with Gasteiger partial charge in [0.1, 0.15) is 0 Å². The van der Waals surface area contributed by atoms with Crippen LogP contribution in [0, 0.1) is 16.7 Å². The van der Waals surface area contributed by atoms with Gasteiger partial charge in [0.05, 0.1) is 6.07 Å². The minimum atomic E-state index is 0.236. The first-order valence-corrected chi connectivity index (χ1v) is 6.22. The van der Waals surface area contributed by atoms with Gasteiger partial charge in [0.25, 0.3) is 0 Å². The number of nitriles is 1. The van der Waals surface area contributed by atoms with Crippen molar-refractivity contribution in [1.29, 1.82) is 5.26 Å². The average molecular weight is 245 g/mol. The molecular weight excluding hydrogens is 232 g/mol. The van der Waals surface area contributed by atoms with Crippen molar-refractivity contribution in [2.75, 3.05) is 0 Å². The van der Waals surface area contributed by atoms with Crippen molar-refractivity contribution in [3.05, 3.63) is 35.5 Å². The molecule has 86 valence electrons. The van der Waals surface area contributed by atoms with Gasteiger partial charge in [-0.25, -0.2) is 0 Å². The Kier molecular flexibility index (Phi) is 2.38. The van der Waals surface area contributed by atoms with Gasteiger partial charge in [-0.3, -0.25) is 0 Å². The zero-order valence-electron chi connectivity index (χ0n) is 9.49. The van der Waals surface area contributed by atoms with Gasteiger partial charge in [0.15, 0.2) is 0 Å². The summed E-state index contributed by atoms with van der Waals surface area (Å²) in [6, 6.07) is 10.4. The largest absolute Gasteiger partial charge is 0.347 e. The first kappa shape index (κ1) is 10.7. The summed E-state index contributed by atoms with van der Waals surface area (Å²) in [5, 5.41) is 10.8. The first-order valence-electron chi connectivity index (χ1n) is 5.84. The fourth-order valence-corrected chi connectivity index (χ4v) is 2.59. The molecule has 3 heteroatoms. The van der Waals surface area contributed by atoms with Gasteiger partial charge in [0.2, 0.25) is 0 Å². The Bertz CT molecular complexity index is 602. The van der Waals surface area contributed by atoms with Crippen LogP contribution in [0.5, 0.6) is 0 Å². The van der Waals surface area contributed by atoms with Crippen LogP contribution < -0.4 is 0 Å². The van der Waals surface area contributed by atoms with Gasteiger partial charge < -0.3 is 4.57 Å². The highest BCUT2D eigenvalue weighted by molar-refractivity contribution is 6.31. The fraction of sp³-hybridized carbons (Fsp3) is 0.357. The minimum Gasteiger partial charge on any atom is -0.347 e. The molecule has 1 aromatic carbocycles. The summed E-state index contributed by atoms with van der Waals surface area (Å²) in [4.78, 5) is 0. The maximum absolute atomic E-state index is 8.84. The van der Waals surface area contributed by atoms with Crippen molar-refractivity contribution in [3.8, 4) is 6.07 Å². The first-order chi connectivity index (χ1) is 8.22. The number of aromatic nitrogens is 1. The van der Waals surface area contributed by atoms with E-state index in [1.165, 1.54) is 23.7 Å². The van der Waals surface area contributed by atoms with Crippen LogP contribution in [-0.4, -0.2) is 4.57 Å². The molecule has 0 spiro atoms. The minimum absolute atomic E-state index is 0.236. The van der Waals surface area contributed by atoms with Crippen LogP contribution in [0.25, 0.3) is 10.9 Å². The highest BCUT2D eigenvalue weighted by Crippen LogP contribution is 2.50. The Morgan fingerprint density at radius 2 is 2.18 bits per heavy atom. The highest BCUT2D eigenvalue weighted by atomic mass is 35.5. The van der Waals surface area contributed by atoms with E-state index in [9.17, 15) is 0 Å². The molecule has 2 aromatic rings. The Balaban J connectivity index is 1.94. The van der Waals surface area contributed by atoms with E-state index in [-0.39, 0.29) is 5.41 Å². The van der Waals surface area contributed by atoms with Gasteiger partial charge in [-0.1, -0.05) is 11.6 Å². The SMILES string of the molecule is N#CCC1(Cn2ccc3cc(Cl)ccc32)CC1. The van der Waals surface area contributed by atoms with Crippen LogP contribution in [0.15, 0.2) is 30.5 Å². The van der Waals surface area contributed by atoms with E-state index >= 15 is 0 Å². The molecule has 1 fully saturated rings. The summed E-state index contributed by atoms with van der Waals surface area (Å²) >= 11 is 5.97. The topological polar surface area (TPSA) is 28.7 Å². The van der Waals surface area contributed by atoms with Crippen molar-refractivity contribution in [1.82, 2.24) is 4.57 Å². The summed E-state index contributed by atoms with van der Waals surface area (Å²) < 4.78 is 2.25. The van der Waals surface area contributed by atoms with Crippen LogP contribution in [0.2, 0.25) is 5.02 Å². The molecule has 2 nitrogen and oxygen atoms in total. The molecule has 3 rings (SSSR count). The molecule has 1 aliphatic rings. The smallest absolute Gasteiger partial charge is 0.0628 e. The van der Waals surface area contributed by atoms with Crippen LogP contribution in [-0.2, 0) is 6.54 Å². The quantitative estimate of drug-likeness (QED) is 0.803. The summed E-state index contributed by atoms with van der Waals surface area (Å²) in [7, 11) is 0. The number of fused-ring (bicyclic) bond motifs is 1. The van der Waals surface area contributed by atoms with Crippen LogP contribution in [0.1, 0.15) is 19.3 Å². The maximum atomic E-state index is 8.84. The second-order valence-electron chi connectivity index (χ2n) is 4.98. The van der Waals surface area contributed by atoms with Crippen molar-refractivity contribution in [3.63, 3.8) is 0 Å². The van der Waals surface area contributed by atoms with Crippen molar-refractivity contribution in [2.45, 2.75) is 25.8 Å². The number of halogens is 1. The third-order valence-electron chi connectivity index (χ3n) is 3.65. The Hall–Kier alpha value is -1.46. The normalized spacial score (nSPS) is 16.9. The van der Waals surface area contributed by atoms with Gasteiger partial charge in [-0.15, -0.1) is 0 Å². The molecule has 0 radical (unpaired) electrons.